The van der Waals surface area contributed by atoms with E-state index in [1.807, 2.05) is 24.3 Å². The third-order valence-corrected chi connectivity index (χ3v) is 3.60. The summed E-state index contributed by atoms with van der Waals surface area (Å²) in [5, 5.41) is 0. The summed E-state index contributed by atoms with van der Waals surface area (Å²) in [7, 11) is 3.41. The van der Waals surface area contributed by atoms with E-state index < -0.39 is 0 Å². The molecule has 0 radical (unpaired) electrons. The average Bonchev–Trinajstić information content (AvgIpc) is 2.83. The van der Waals surface area contributed by atoms with Gasteiger partial charge in [-0.05, 0) is 31.4 Å². The molecule has 4 heteroatoms. The van der Waals surface area contributed by atoms with E-state index >= 15 is 0 Å². The van der Waals surface area contributed by atoms with Crippen LogP contribution in [0.3, 0.4) is 0 Å². The van der Waals surface area contributed by atoms with Crippen LogP contribution in [0.25, 0.3) is 0 Å². The number of carbonyl (C=O) groups excluding carboxylic acids is 1. The maximum atomic E-state index is 12.4. The van der Waals surface area contributed by atoms with Crippen LogP contribution in [0.2, 0.25) is 0 Å². The zero-order valence-corrected chi connectivity index (χ0v) is 10.9. The van der Waals surface area contributed by atoms with Crippen molar-refractivity contribution in [3.63, 3.8) is 0 Å². The number of carbonyl (C=O) groups is 1. The molecule has 2 atom stereocenters. The maximum Gasteiger partial charge on any atom is 0.229 e. The van der Waals surface area contributed by atoms with Crippen LogP contribution in [0, 0.1) is 5.92 Å². The van der Waals surface area contributed by atoms with Crippen molar-refractivity contribution in [2.45, 2.75) is 25.3 Å². The Kier molecular flexibility index (Phi) is 3.87. The minimum Gasteiger partial charge on any atom is -0.495 e. The van der Waals surface area contributed by atoms with Crippen molar-refractivity contribution < 1.29 is 9.53 Å². The molecule has 0 heterocycles. The average molecular weight is 248 g/mol. The highest BCUT2D eigenvalue weighted by Crippen LogP contribution is 2.31. The zero-order chi connectivity index (χ0) is 13.1. The van der Waals surface area contributed by atoms with Gasteiger partial charge >= 0.3 is 0 Å². The van der Waals surface area contributed by atoms with Gasteiger partial charge < -0.3 is 15.4 Å². The van der Waals surface area contributed by atoms with Crippen LogP contribution in [-0.4, -0.2) is 26.1 Å². The van der Waals surface area contributed by atoms with E-state index in [1.54, 1.807) is 19.1 Å². The Balaban J connectivity index is 2.15. The number of hydrogen-bond acceptors (Lipinski definition) is 3. The summed E-state index contributed by atoms with van der Waals surface area (Å²) in [4.78, 5) is 14.1. The predicted molar refractivity (Wildman–Crippen MR) is 71.7 cm³/mol. The van der Waals surface area contributed by atoms with E-state index in [9.17, 15) is 4.79 Å². The van der Waals surface area contributed by atoms with Crippen molar-refractivity contribution >= 4 is 11.6 Å². The first-order chi connectivity index (χ1) is 8.63. The van der Waals surface area contributed by atoms with E-state index in [4.69, 9.17) is 10.5 Å². The molecule has 18 heavy (non-hydrogen) atoms. The molecule has 2 unspecified atom stereocenters. The third-order valence-electron chi connectivity index (χ3n) is 3.60. The van der Waals surface area contributed by atoms with E-state index in [0.717, 1.165) is 30.7 Å². The van der Waals surface area contributed by atoms with Gasteiger partial charge in [0.05, 0.1) is 12.8 Å². The van der Waals surface area contributed by atoms with Crippen LogP contribution < -0.4 is 15.4 Å². The van der Waals surface area contributed by atoms with Crippen LogP contribution in [0.15, 0.2) is 24.3 Å². The smallest absolute Gasteiger partial charge is 0.229 e. The fourth-order valence-corrected chi connectivity index (χ4v) is 2.54. The monoisotopic (exact) mass is 248 g/mol. The number of methoxy groups -OCH3 is 1. The van der Waals surface area contributed by atoms with E-state index in [2.05, 4.69) is 0 Å². The molecule has 1 aliphatic carbocycles. The second-order valence-corrected chi connectivity index (χ2v) is 4.84. The predicted octanol–water partition coefficient (Wildman–Crippen LogP) is 1.79. The Morgan fingerprint density at radius 2 is 2.11 bits per heavy atom. The molecule has 0 saturated heterocycles. The lowest BCUT2D eigenvalue weighted by Gasteiger charge is -2.23. The lowest BCUT2D eigenvalue weighted by Crippen LogP contribution is -2.32. The number of nitrogens with zero attached hydrogens (tertiary/aromatic N) is 1. The van der Waals surface area contributed by atoms with Gasteiger partial charge in [-0.1, -0.05) is 12.1 Å². The minimum atomic E-state index is 0.0508. The second kappa shape index (κ2) is 5.40. The molecule has 0 aromatic heterocycles. The molecular weight excluding hydrogens is 228 g/mol. The SMILES string of the molecule is COc1ccccc1N(C)C(=O)C1CCC(N)C1. The van der Waals surface area contributed by atoms with Gasteiger partial charge in [0.2, 0.25) is 5.91 Å². The molecule has 98 valence electrons. The molecule has 0 bridgehead atoms. The summed E-state index contributed by atoms with van der Waals surface area (Å²) in [5.74, 6) is 0.901. The number of rotatable bonds is 3. The van der Waals surface area contributed by atoms with Crippen molar-refractivity contribution in [3.05, 3.63) is 24.3 Å². The van der Waals surface area contributed by atoms with Gasteiger partial charge in [-0.2, -0.15) is 0 Å². The highest BCUT2D eigenvalue weighted by Gasteiger charge is 2.30. The van der Waals surface area contributed by atoms with Gasteiger partial charge in [0.25, 0.3) is 0 Å². The van der Waals surface area contributed by atoms with Crippen molar-refractivity contribution in [3.8, 4) is 5.75 Å². The van der Waals surface area contributed by atoms with Gasteiger partial charge in [0.15, 0.2) is 0 Å². The number of amides is 1. The third kappa shape index (κ3) is 2.48. The molecule has 2 rings (SSSR count). The molecule has 1 saturated carbocycles. The van der Waals surface area contributed by atoms with Gasteiger partial charge in [-0.3, -0.25) is 4.79 Å². The van der Waals surface area contributed by atoms with Crippen molar-refractivity contribution in [1.82, 2.24) is 0 Å². The van der Waals surface area contributed by atoms with Gasteiger partial charge in [-0.15, -0.1) is 0 Å². The number of benzene rings is 1. The highest BCUT2D eigenvalue weighted by molar-refractivity contribution is 5.96. The van der Waals surface area contributed by atoms with Crippen molar-refractivity contribution in [1.29, 1.82) is 0 Å². The number of ether oxygens (including phenoxy) is 1. The van der Waals surface area contributed by atoms with Crippen LogP contribution in [-0.2, 0) is 4.79 Å². The Morgan fingerprint density at radius 1 is 1.39 bits per heavy atom. The van der Waals surface area contributed by atoms with E-state index in [1.165, 1.54) is 0 Å². The molecule has 1 aliphatic rings. The fraction of sp³-hybridized carbons (Fsp3) is 0.500. The lowest BCUT2D eigenvalue weighted by atomic mass is 10.1. The van der Waals surface area contributed by atoms with E-state index in [-0.39, 0.29) is 17.9 Å². The number of nitrogens with two attached hydrogens (primary N) is 1. The van der Waals surface area contributed by atoms with Gasteiger partial charge in [0.1, 0.15) is 5.75 Å². The normalized spacial score (nSPS) is 22.8. The summed E-state index contributed by atoms with van der Waals surface area (Å²) in [6.45, 7) is 0. The summed E-state index contributed by atoms with van der Waals surface area (Å²) in [6.07, 6.45) is 2.62. The zero-order valence-electron chi connectivity index (χ0n) is 10.9. The van der Waals surface area contributed by atoms with Gasteiger partial charge in [0, 0.05) is 19.0 Å². The van der Waals surface area contributed by atoms with Crippen molar-refractivity contribution in [2.75, 3.05) is 19.1 Å². The topological polar surface area (TPSA) is 55.6 Å². The first-order valence-electron chi connectivity index (χ1n) is 6.29. The molecule has 0 spiro atoms. The first kappa shape index (κ1) is 12.9. The Labute approximate surface area is 108 Å². The van der Waals surface area contributed by atoms with Crippen LogP contribution >= 0.6 is 0 Å². The summed E-state index contributed by atoms with van der Waals surface area (Å²) < 4.78 is 5.28. The minimum absolute atomic E-state index is 0.0508. The molecule has 4 nitrogen and oxygen atoms in total. The molecule has 1 aromatic rings. The maximum absolute atomic E-state index is 12.4. The Hall–Kier alpha value is -1.55. The van der Waals surface area contributed by atoms with Crippen LogP contribution in [0.1, 0.15) is 19.3 Å². The fourth-order valence-electron chi connectivity index (χ4n) is 2.54. The first-order valence-corrected chi connectivity index (χ1v) is 6.29. The Morgan fingerprint density at radius 3 is 2.72 bits per heavy atom. The second-order valence-electron chi connectivity index (χ2n) is 4.84. The van der Waals surface area contributed by atoms with Gasteiger partial charge in [-0.25, -0.2) is 0 Å². The molecule has 0 aliphatic heterocycles. The Bertz CT molecular complexity index is 434. The van der Waals surface area contributed by atoms with Crippen LogP contribution in [0.4, 0.5) is 5.69 Å². The molecule has 1 fully saturated rings. The molecule has 1 aromatic carbocycles. The molecular formula is C14H20N2O2. The summed E-state index contributed by atoms with van der Waals surface area (Å²) >= 11 is 0. The van der Waals surface area contributed by atoms with E-state index in [0.29, 0.717) is 0 Å². The quantitative estimate of drug-likeness (QED) is 0.887. The highest BCUT2D eigenvalue weighted by atomic mass is 16.5. The number of hydrogen-bond donors (Lipinski definition) is 1. The van der Waals surface area contributed by atoms with Crippen molar-refractivity contribution in [2.24, 2.45) is 11.7 Å². The number of anilines is 1. The molecule has 1 amide bonds. The number of para-hydroxylation sites is 2. The van der Waals surface area contributed by atoms with Crippen LogP contribution in [0.5, 0.6) is 5.75 Å². The summed E-state index contributed by atoms with van der Waals surface area (Å²) in [5.41, 5.74) is 6.67. The lowest BCUT2D eigenvalue weighted by molar-refractivity contribution is -0.121. The standard InChI is InChI=1S/C14H20N2O2/c1-16(12-5-3-4-6-13(12)18-2)14(17)10-7-8-11(15)9-10/h3-6,10-11H,7-9,15H2,1-2H3. The summed E-state index contributed by atoms with van der Waals surface area (Å²) in [6, 6.07) is 7.73. The largest absolute Gasteiger partial charge is 0.495 e. The molecule has 2 N–H and O–H groups in total.